The van der Waals surface area contributed by atoms with Crippen molar-refractivity contribution in [2.24, 2.45) is 0 Å². The normalized spacial score (nSPS) is 5.89. The van der Waals surface area contributed by atoms with Crippen molar-refractivity contribution in [3.63, 3.8) is 0 Å². The number of methoxy groups -OCH3 is 1. The molecule has 0 saturated carbocycles. The maximum atomic E-state index is 9.59. The molecule has 168 valence electrons. The molecule has 27 heavy (non-hydrogen) atoms. The Morgan fingerprint density at radius 3 is 0.519 bits per heavy atom. The quantitative estimate of drug-likeness (QED) is 0.197. The number of hydrogen-bond donors (Lipinski definition) is 5. The Bertz CT molecular complexity index is 307. The van der Waals surface area contributed by atoms with Crippen LogP contribution in [-0.2, 0) is 72.5 Å². The SMILES string of the molecule is CC(=O)O.CC(=O)O.CC(=O)O.CC(=O)O.CC(=O)O.COC(C)=O.[Rh].[Rh]. The fourth-order valence-electron chi connectivity index (χ4n) is 0. The van der Waals surface area contributed by atoms with Gasteiger partial charge in [-0.2, -0.15) is 0 Å². The molecule has 0 aromatic carbocycles. The Balaban J connectivity index is -0.0000000264. The van der Waals surface area contributed by atoms with Gasteiger partial charge in [-0.15, -0.1) is 0 Å². The molecule has 12 nitrogen and oxygen atoms in total. The van der Waals surface area contributed by atoms with Crippen molar-refractivity contribution in [3.8, 4) is 0 Å². The van der Waals surface area contributed by atoms with Gasteiger partial charge in [0.05, 0.1) is 7.11 Å². The van der Waals surface area contributed by atoms with Crippen molar-refractivity contribution < 1.29 is 98.0 Å². The molecule has 0 saturated heterocycles. The third-order valence-corrected chi connectivity index (χ3v) is 0.287. The Hall–Kier alpha value is -1.93. The molecule has 2 radical (unpaired) electrons. The molecule has 0 aromatic rings. The average molecular weight is 580 g/mol. The first-order valence-electron chi connectivity index (χ1n) is 5.96. The minimum absolute atomic E-state index is 0. The van der Waals surface area contributed by atoms with Crippen LogP contribution in [-0.4, -0.2) is 68.5 Å². The summed E-state index contributed by atoms with van der Waals surface area (Å²) in [4.78, 5) is 54.6. The van der Waals surface area contributed by atoms with Gasteiger partial charge in [-0.25, -0.2) is 0 Å². The van der Waals surface area contributed by atoms with Gasteiger partial charge in [0, 0.05) is 80.5 Å². The van der Waals surface area contributed by atoms with Gasteiger partial charge in [-0.1, -0.05) is 0 Å². The second-order valence-corrected chi connectivity index (χ2v) is 3.29. The molecule has 0 aliphatic carbocycles. The predicted molar refractivity (Wildman–Crippen MR) is 84.2 cm³/mol. The van der Waals surface area contributed by atoms with Crippen LogP contribution in [0.3, 0.4) is 0 Å². The molecule has 5 N–H and O–H groups in total. The smallest absolute Gasteiger partial charge is 0.302 e. The second kappa shape index (κ2) is 44.0. The number of aliphatic carboxylic acids is 5. The second-order valence-electron chi connectivity index (χ2n) is 3.29. The molecular formula is C13H26O12Rh2. The number of carbonyl (C=O) groups excluding carboxylic acids is 1. The minimum atomic E-state index is -0.833. The van der Waals surface area contributed by atoms with E-state index in [-0.39, 0.29) is 44.9 Å². The Morgan fingerprint density at radius 1 is 0.481 bits per heavy atom. The Kier molecular flexibility index (Phi) is 81.2. The van der Waals surface area contributed by atoms with Crippen molar-refractivity contribution in [3.05, 3.63) is 0 Å². The molecule has 0 atom stereocenters. The van der Waals surface area contributed by atoms with E-state index in [1.54, 1.807) is 0 Å². The molecule has 0 unspecified atom stereocenters. The van der Waals surface area contributed by atoms with Crippen LogP contribution in [0.1, 0.15) is 41.5 Å². The summed E-state index contributed by atoms with van der Waals surface area (Å²) >= 11 is 0. The molecule has 0 rings (SSSR count). The first-order valence-corrected chi connectivity index (χ1v) is 5.96. The number of carboxylic acids is 5. The summed E-state index contributed by atoms with van der Waals surface area (Å²) in [5.41, 5.74) is 0. The molecule has 0 bridgehead atoms. The third kappa shape index (κ3) is 2630000. The van der Waals surface area contributed by atoms with Crippen molar-refractivity contribution >= 4 is 35.8 Å². The van der Waals surface area contributed by atoms with Gasteiger partial charge in [-0.05, 0) is 0 Å². The summed E-state index contributed by atoms with van der Waals surface area (Å²) in [6.07, 6.45) is 0. The molecule has 14 heteroatoms. The topological polar surface area (TPSA) is 213 Å². The van der Waals surface area contributed by atoms with Crippen molar-refractivity contribution in [1.29, 1.82) is 0 Å². The fraction of sp³-hybridized carbons (Fsp3) is 0.538. The fourth-order valence-corrected chi connectivity index (χ4v) is 0. The predicted octanol–water partition coefficient (Wildman–Crippen LogP) is 0.629. The summed E-state index contributed by atoms with van der Waals surface area (Å²) in [5, 5.41) is 37.1. The molecule has 0 aromatic heterocycles. The van der Waals surface area contributed by atoms with Gasteiger partial charge < -0.3 is 30.3 Å². The van der Waals surface area contributed by atoms with E-state index >= 15 is 0 Å². The number of carboxylic acid groups (broad SMARTS) is 5. The van der Waals surface area contributed by atoms with E-state index < -0.39 is 29.8 Å². The van der Waals surface area contributed by atoms with Crippen LogP contribution in [0.25, 0.3) is 0 Å². The van der Waals surface area contributed by atoms with Crippen LogP contribution < -0.4 is 0 Å². The van der Waals surface area contributed by atoms with Crippen LogP contribution in [0.5, 0.6) is 0 Å². The van der Waals surface area contributed by atoms with E-state index in [0.29, 0.717) is 0 Å². The monoisotopic (exact) mass is 580 g/mol. The average Bonchev–Trinajstić information content (AvgIpc) is 2.24. The summed E-state index contributed by atoms with van der Waals surface area (Å²) in [5.74, 6) is -4.41. The molecule has 0 aliphatic heterocycles. The zero-order valence-electron chi connectivity index (χ0n) is 15.8. The van der Waals surface area contributed by atoms with Crippen LogP contribution >= 0.6 is 0 Å². The van der Waals surface area contributed by atoms with Crippen molar-refractivity contribution in [2.75, 3.05) is 7.11 Å². The number of rotatable bonds is 0. The van der Waals surface area contributed by atoms with Gasteiger partial charge in [0.25, 0.3) is 29.8 Å². The number of hydrogen-bond acceptors (Lipinski definition) is 7. The van der Waals surface area contributed by atoms with Crippen LogP contribution in [0.4, 0.5) is 0 Å². The summed E-state index contributed by atoms with van der Waals surface area (Å²) in [6.45, 7) is 6.78. The van der Waals surface area contributed by atoms with Gasteiger partial charge in [0.2, 0.25) is 0 Å². The zero-order chi connectivity index (χ0) is 22.2. The van der Waals surface area contributed by atoms with E-state index in [9.17, 15) is 4.79 Å². The first-order chi connectivity index (χ1) is 10.9. The van der Waals surface area contributed by atoms with E-state index in [2.05, 4.69) is 4.74 Å². The largest absolute Gasteiger partial charge is 0.481 e. The van der Waals surface area contributed by atoms with Crippen LogP contribution in [0.15, 0.2) is 0 Å². The van der Waals surface area contributed by atoms with Crippen molar-refractivity contribution in [1.82, 2.24) is 0 Å². The van der Waals surface area contributed by atoms with Crippen LogP contribution in [0, 0.1) is 0 Å². The van der Waals surface area contributed by atoms with Gasteiger partial charge in [0.15, 0.2) is 0 Å². The third-order valence-electron chi connectivity index (χ3n) is 0.287. The summed E-state index contributed by atoms with van der Waals surface area (Å²) < 4.78 is 4.11. The Labute approximate surface area is 182 Å². The summed E-state index contributed by atoms with van der Waals surface area (Å²) in [6, 6.07) is 0. The number of esters is 1. The van der Waals surface area contributed by atoms with E-state index in [0.717, 1.165) is 34.6 Å². The molecule has 0 aliphatic rings. The maximum Gasteiger partial charge on any atom is 0.302 e. The van der Waals surface area contributed by atoms with E-state index in [1.165, 1.54) is 14.0 Å². The summed E-state index contributed by atoms with van der Waals surface area (Å²) in [7, 11) is 1.35. The first kappa shape index (κ1) is 49.8. The minimum Gasteiger partial charge on any atom is -0.481 e. The van der Waals surface area contributed by atoms with Crippen LogP contribution in [0.2, 0.25) is 0 Å². The van der Waals surface area contributed by atoms with E-state index in [1.807, 2.05) is 0 Å². The molecule has 0 amide bonds. The molecule has 0 fully saturated rings. The molecular weight excluding hydrogens is 554 g/mol. The van der Waals surface area contributed by atoms with Gasteiger partial charge in [0.1, 0.15) is 0 Å². The van der Waals surface area contributed by atoms with Crippen molar-refractivity contribution in [2.45, 2.75) is 41.5 Å². The van der Waals surface area contributed by atoms with Gasteiger partial charge in [-0.3, -0.25) is 28.8 Å². The van der Waals surface area contributed by atoms with E-state index in [4.69, 9.17) is 49.5 Å². The Morgan fingerprint density at radius 2 is 0.519 bits per heavy atom. The number of ether oxygens (including phenoxy) is 1. The molecule has 0 heterocycles. The zero-order valence-corrected chi connectivity index (χ0v) is 19.0. The standard InChI is InChI=1S/C3H6O2.5C2H4O2.2Rh/c1-3(4)5-2;5*1-2(3)4;;/h1-2H3;5*1H3,(H,3,4);;. The maximum absolute atomic E-state index is 9.59. The number of carbonyl (C=O) groups is 6. The molecule has 0 spiro atoms. The van der Waals surface area contributed by atoms with Gasteiger partial charge >= 0.3 is 5.97 Å².